The summed E-state index contributed by atoms with van der Waals surface area (Å²) in [5, 5.41) is 4.30. The second kappa shape index (κ2) is 4.91. The third kappa shape index (κ3) is 3.04. The van der Waals surface area contributed by atoms with Crippen LogP contribution in [0.15, 0.2) is 22.7 Å². The van der Waals surface area contributed by atoms with Gasteiger partial charge in [-0.3, -0.25) is 0 Å². The monoisotopic (exact) mass is 315 g/mol. The number of nitrogens with one attached hydrogen (secondary N) is 1. The van der Waals surface area contributed by atoms with Crippen LogP contribution < -0.4 is 5.32 Å². The molecule has 1 saturated carbocycles. The van der Waals surface area contributed by atoms with Crippen molar-refractivity contribution in [2.24, 2.45) is 11.3 Å². The second-order valence-corrected chi connectivity index (χ2v) is 6.96. The Labute approximate surface area is 117 Å². The molecule has 17 heavy (non-hydrogen) atoms. The van der Waals surface area contributed by atoms with E-state index < -0.39 is 0 Å². The predicted molar refractivity (Wildman–Crippen MR) is 77.6 cm³/mol. The lowest BCUT2D eigenvalue weighted by Gasteiger charge is -2.19. The summed E-state index contributed by atoms with van der Waals surface area (Å²) in [5.41, 5.74) is 1.73. The molecule has 94 valence electrons. The van der Waals surface area contributed by atoms with Crippen LogP contribution in [0, 0.1) is 11.3 Å². The smallest absolute Gasteiger partial charge is 0.0449 e. The Morgan fingerprint density at radius 2 is 2.18 bits per heavy atom. The molecule has 0 spiro atoms. The molecule has 2 rings (SSSR count). The van der Waals surface area contributed by atoms with Gasteiger partial charge >= 0.3 is 0 Å². The number of rotatable bonds is 4. The van der Waals surface area contributed by atoms with Crippen LogP contribution in [0.25, 0.3) is 0 Å². The summed E-state index contributed by atoms with van der Waals surface area (Å²) in [6, 6.07) is 6.68. The van der Waals surface area contributed by atoms with Gasteiger partial charge in [0.25, 0.3) is 0 Å². The van der Waals surface area contributed by atoms with Gasteiger partial charge in [-0.05, 0) is 48.9 Å². The fourth-order valence-corrected chi connectivity index (χ4v) is 3.31. The maximum Gasteiger partial charge on any atom is 0.0449 e. The molecular formula is C14H19BrClN. The Morgan fingerprint density at radius 3 is 2.65 bits per heavy atom. The van der Waals surface area contributed by atoms with Gasteiger partial charge in [0.05, 0.1) is 0 Å². The van der Waals surface area contributed by atoms with Crippen LogP contribution in [-0.4, -0.2) is 13.1 Å². The first-order chi connectivity index (χ1) is 7.94. The maximum atomic E-state index is 6.27. The van der Waals surface area contributed by atoms with E-state index in [0.717, 1.165) is 21.8 Å². The summed E-state index contributed by atoms with van der Waals surface area (Å²) < 4.78 is 1.04. The van der Waals surface area contributed by atoms with Gasteiger partial charge in [0.15, 0.2) is 0 Å². The highest BCUT2D eigenvalue weighted by molar-refractivity contribution is 9.10. The van der Waals surface area contributed by atoms with Crippen molar-refractivity contribution in [3.05, 3.63) is 33.3 Å². The molecule has 0 amide bonds. The van der Waals surface area contributed by atoms with Crippen molar-refractivity contribution in [2.45, 2.75) is 32.7 Å². The highest BCUT2D eigenvalue weighted by Crippen LogP contribution is 2.54. The van der Waals surface area contributed by atoms with E-state index in [0.29, 0.717) is 11.5 Å². The standard InChI is InChI=1S/C14H19BrClN/c1-14(2)8-11(14)13(17-3)6-9-4-5-10(15)7-12(9)16/h4-5,7,11,13,17H,6,8H2,1-3H3. The molecule has 1 aliphatic carbocycles. The minimum Gasteiger partial charge on any atom is -0.316 e. The summed E-state index contributed by atoms with van der Waals surface area (Å²) in [6.45, 7) is 4.68. The van der Waals surface area contributed by atoms with E-state index in [1.807, 2.05) is 13.1 Å². The molecule has 1 aromatic rings. The first-order valence-corrected chi connectivity index (χ1v) is 7.22. The molecule has 2 unspecified atom stereocenters. The van der Waals surface area contributed by atoms with Gasteiger partial charge in [-0.15, -0.1) is 0 Å². The summed E-state index contributed by atoms with van der Waals surface area (Å²) in [6.07, 6.45) is 2.32. The van der Waals surface area contributed by atoms with E-state index >= 15 is 0 Å². The minimum atomic E-state index is 0.496. The van der Waals surface area contributed by atoms with Gasteiger partial charge in [0, 0.05) is 15.5 Å². The number of halogens is 2. The molecule has 1 N–H and O–H groups in total. The minimum absolute atomic E-state index is 0.496. The van der Waals surface area contributed by atoms with Crippen LogP contribution in [0.3, 0.4) is 0 Å². The molecule has 1 fully saturated rings. The number of hydrogen-bond donors (Lipinski definition) is 1. The molecule has 1 aliphatic rings. The zero-order chi connectivity index (χ0) is 12.6. The van der Waals surface area contributed by atoms with E-state index in [2.05, 4.69) is 47.2 Å². The van der Waals surface area contributed by atoms with E-state index in [-0.39, 0.29) is 0 Å². The van der Waals surface area contributed by atoms with Crippen molar-refractivity contribution in [1.82, 2.24) is 5.32 Å². The molecule has 0 aromatic heterocycles. The van der Waals surface area contributed by atoms with Crippen molar-refractivity contribution < 1.29 is 0 Å². The zero-order valence-corrected chi connectivity index (χ0v) is 12.9. The molecule has 0 heterocycles. The van der Waals surface area contributed by atoms with Crippen molar-refractivity contribution in [2.75, 3.05) is 7.05 Å². The third-order valence-electron chi connectivity index (χ3n) is 3.90. The van der Waals surface area contributed by atoms with Crippen LogP contribution in [0.5, 0.6) is 0 Å². The molecule has 0 bridgehead atoms. The lowest BCUT2D eigenvalue weighted by Crippen LogP contribution is -2.31. The molecule has 0 aliphatic heterocycles. The molecule has 1 aromatic carbocycles. The fourth-order valence-electron chi connectivity index (χ4n) is 2.56. The lowest BCUT2D eigenvalue weighted by molar-refractivity contribution is 0.426. The topological polar surface area (TPSA) is 12.0 Å². The molecular weight excluding hydrogens is 298 g/mol. The van der Waals surface area contributed by atoms with E-state index in [4.69, 9.17) is 11.6 Å². The van der Waals surface area contributed by atoms with E-state index in [9.17, 15) is 0 Å². The quantitative estimate of drug-likeness (QED) is 0.874. The van der Waals surface area contributed by atoms with Crippen LogP contribution in [0.2, 0.25) is 5.02 Å². The lowest BCUT2D eigenvalue weighted by atomic mass is 9.97. The highest BCUT2D eigenvalue weighted by Gasteiger charge is 2.49. The van der Waals surface area contributed by atoms with Crippen LogP contribution >= 0.6 is 27.5 Å². The first-order valence-electron chi connectivity index (χ1n) is 6.05. The molecule has 0 radical (unpaired) electrons. The van der Waals surface area contributed by atoms with Gasteiger partial charge in [-0.2, -0.15) is 0 Å². The third-order valence-corrected chi connectivity index (χ3v) is 4.75. The van der Waals surface area contributed by atoms with Crippen LogP contribution in [0.4, 0.5) is 0 Å². The molecule has 1 nitrogen and oxygen atoms in total. The summed E-state index contributed by atoms with van der Waals surface area (Å²) in [5.74, 6) is 0.771. The Hall–Kier alpha value is -0.0500. The first kappa shape index (κ1) is 13.4. The number of hydrogen-bond acceptors (Lipinski definition) is 1. The van der Waals surface area contributed by atoms with Gasteiger partial charge in [0.2, 0.25) is 0 Å². The average Bonchev–Trinajstić information content (AvgIpc) is 2.86. The summed E-state index contributed by atoms with van der Waals surface area (Å²) >= 11 is 9.71. The Balaban J connectivity index is 2.09. The summed E-state index contributed by atoms with van der Waals surface area (Å²) in [4.78, 5) is 0. The normalized spacial score (nSPS) is 23.5. The zero-order valence-electron chi connectivity index (χ0n) is 10.6. The van der Waals surface area contributed by atoms with Crippen molar-refractivity contribution in [1.29, 1.82) is 0 Å². The van der Waals surface area contributed by atoms with Crippen molar-refractivity contribution in [3.8, 4) is 0 Å². The number of benzene rings is 1. The largest absolute Gasteiger partial charge is 0.316 e. The average molecular weight is 317 g/mol. The summed E-state index contributed by atoms with van der Waals surface area (Å²) in [7, 11) is 2.05. The molecule has 3 heteroatoms. The Morgan fingerprint density at radius 1 is 1.53 bits per heavy atom. The van der Waals surface area contributed by atoms with Gasteiger partial charge in [-0.1, -0.05) is 47.4 Å². The highest BCUT2D eigenvalue weighted by atomic mass is 79.9. The van der Waals surface area contributed by atoms with Gasteiger partial charge in [-0.25, -0.2) is 0 Å². The Bertz CT molecular complexity index is 417. The van der Waals surface area contributed by atoms with Crippen LogP contribution in [0.1, 0.15) is 25.8 Å². The van der Waals surface area contributed by atoms with E-state index in [1.54, 1.807) is 0 Å². The fraction of sp³-hybridized carbons (Fsp3) is 0.571. The van der Waals surface area contributed by atoms with Crippen molar-refractivity contribution >= 4 is 27.5 Å². The number of likely N-dealkylation sites (N-methyl/N-ethyl adjacent to an activating group) is 1. The Kier molecular flexibility index (Phi) is 3.86. The predicted octanol–water partition coefficient (Wildman–Crippen LogP) is 4.28. The van der Waals surface area contributed by atoms with Gasteiger partial charge in [0.1, 0.15) is 0 Å². The van der Waals surface area contributed by atoms with Gasteiger partial charge < -0.3 is 5.32 Å². The molecule has 2 atom stereocenters. The van der Waals surface area contributed by atoms with Crippen molar-refractivity contribution in [3.63, 3.8) is 0 Å². The molecule has 0 saturated heterocycles. The second-order valence-electron chi connectivity index (χ2n) is 5.63. The van der Waals surface area contributed by atoms with E-state index in [1.165, 1.54) is 12.0 Å². The van der Waals surface area contributed by atoms with Crippen LogP contribution in [-0.2, 0) is 6.42 Å². The SMILES string of the molecule is CNC(Cc1ccc(Br)cc1Cl)C1CC1(C)C. The maximum absolute atomic E-state index is 6.27.